The van der Waals surface area contributed by atoms with E-state index < -0.39 is 0 Å². The third-order valence-electron chi connectivity index (χ3n) is 1.80. The van der Waals surface area contributed by atoms with Gasteiger partial charge in [-0.25, -0.2) is 0 Å². The Bertz CT molecular complexity index is 408. The molecule has 0 aromatic heterocycles. The zero-order chi connectivity index (χ0) is 18.8. The fourth-order valence-electron chi connectivity index (χ4n) is 1.13. The molecule has 0 saturated heterocycles. The Labute approximate surface area is 141 Å². The van der Waals surface area contributed by atoms with Gasteiger partial charge in [0.1, 0.15) is 0 Å². The first kappa shape index (κ1) is 32.5. The normalized spacial score (nSPS) is 9.14. The van der Waals surface area contributed by atoms with E-state index in [2.05, 4.69) is 51.2 Å². The van der Waals surface area contributed by atoms with Crippen LogP contribution in [0.3, 0.4) is 0 Å². The molecule has 0 fully saturated rings. The van der Waals surface area contributed by atoms with Crippen LogP contribution in [0.5, 0.6) is 0 Å². The van der Waals surface area contributed by atoms with Crippen LogP contribution in [-0.2, 0) is 47.4 Å². The van der Waals surface area contributed by atoms with E-state index in [9.17, 15) is 0 Å². The maximum atomic E-state index is 7.50. The van der Waals surface area contributed by atoms with Crippen molar-refractivity contribution >= 4 is 4.08 Å². The molecule has 0 aliphatic heterocycles. The van der Waals surface area contributed by atoms with E-state index in [1.54, 1.807) is 7.11 Å². The molecule has 7 heteroatoms. The summed E-state index contributed by atoms with van der Waals surface area (Å²) in [6, 6.07) is 0. The van der Waals surface area contributed by atoms with Crippen molar-refractivity contribution in [2.24, 2.45) is 0 Å². The molecule has 1 aliphatic rings. The molecule has 1 aliphatic carbocycles. The Morgan fingerprint density at radius 1 is 1.00 bits per heavy atom. The molecule has 6 nitrogen and oxygen atoms in total. The number of methoxy groups -OCH3 is 1. The van der Waals surface area contributed by atoms with Crippen LogP contribution < -0.4 is 0 Å². The van der Waals surface area contributed by atoms with Gasteiger partial charge in [-0.15, -0.1) is 0 Å². The van der Waals surface area contributed by atoms with Gasteiger partial charge in [0.15, 0.2) is 0 Å². The van der Waals surface area contributed by atoms with Crippen molar-refractivity contribution in [3.63, 3.8) is 0 Å². The molecule has 22 heavy (non-hydrogen) atoms. The molecule has 0 aromatic rings. The van der Waals surface area contributed by atoms with Crippen LogP contribution in [0.1, 0.15) is 25.7 Å². The average Bonchev–Trinajstić information content (AvgIpc) is 2.68. The van der Waals surface area contributed by atoms with Gasteiger partial charge in [0.2, 0.25) is 0 Å². The maximum absolute atomic E-state index is 7.50. The van der Waals surface area contributed by atoms with Crippen molar-refractivity contribution in [1.29, 1.82) is 0 Å². The zero-order valence-corrected chi connectivity index (χ0v) is 14.7. The van der Waals surface area contributed by atoms with E-state index in [1.165, 1.54) is 44.2 Å². The zero-order valence-electron chi connectivity index (χ0n) is 11.8. The van der Waals surface area contributed by atoms with Gasteiger partial charge in [0.25, 0.3) is 0 Å². The Hall–Kier alpha value is -1.48. The van der Waals surface area contributed by atoms with Crippen molar-refractivity contribution in [3.05, 3.63) is 44.9 Å². The fraction of sp³-hybridized carbons (Fsp3) is 0.333. The molecule has 0 radical (unpaired) electrons. The summed E-state index contributed by atoms with van der Waals surface area (Å²) in [7, 11) is 1.67. The molecule has 0 aromatic carbocycles. The number of ether oxygens (including phenoxy) is 1. The van der Waals surface area contributed by atoms with Gasteiger partial charge >= 0.3 is 141 Å². The summed E-state index contributed by atoms with van der Waals surface area (Å²) in [6.45, 7) is 22.5. The van der Waals surface area contributed by atoms with Gasteiger partial charge in [-0.2, -0.15) is 0 Å². The van der Waals surface area contributed by atoms with Gasteiger partial charge < -0.3 is 0 Å². The van der Waals surface area contributed by atoms with Gasteiger partial charge in [0, 0.05) is 0 Å². The van der Waals surface area contributed by atoms with Gasteiger partial charge in [-0.05, 0) is 0 Å². The Kier molecular flexibility index (Phi) is 63.0. The van der Waals surface area contributed by atoms with Crippen LogP contribution in [0.15, 0.2) is 11.6 Å². The minimum atomic E-state index is 0.876. The third-order valence-corrected chi connectivity index (χ3v) is 2.77. The standard InChI is InChI=1S/C10H12O.5CO.W/c1-11-9-5-8-10-6-3-2-4-7-10;5*1-2;/h6H,2-4,7H2,1H3;;;;;;. The molecule has 0 N–H and O–H groups in total. The van der Waals surface area contributed by atoms with Crippen molar-refractivity contribution < 1.29 is 47.4 Å². The summed E-state index contributed by atoms with van der Waals surface area (Å²) >= 11 is 1.30. The third kappa shape index (κ3) is 31.1. The molecule has 0 bridgehead atoms. The van der Waals surface area contributed by atoms with Crippen molar-refractivity contribution in [1.82, 2.24) is 0 Å². The molecule has 0 unspecified atom stereocenters. The first-order valence-electron chi connectivity index (χ1n) is 5.14. The van der Waals surface area contributed by atoms with Gasteiger partial charge in [-0.3, -0.25) is 0 Å². The molecule has 0 amide bonds. The van der Waals surface area contributed by atoms with E-state index >= 15 is 0 Å². The van der Waals surface area contributed by atoms with Crippen LogP contribution in [0.4, 0.5) is 0 Å². The van der Waals surface area contributed by atoms with Crippen LogP contribution in [0.25, 0.3) is 0 Å². The fourth-order valence-corrected chi connectivity index (χ4v) is 1.32. The Morgan fingerprint density at radius 3 is 1.77 bits per heavy atom. The number of rotatable bonds is 1. The summed E-state index contributed by atoms with van der Waals surface area (Å²) < 4.78 is 43.4. The second-order valence-corrected chi connectivity index (χ2v) is 4.05. The summed E-state index contributed by atoms with van der Waals surface area (Å²) in [6.07, 6.45) is 7.21. The van der Waals surface area contributed by atoms with Crippen molar-refractivity contribution in [2.75, 3.05) is 7.11 Å². The topological polar surface area (TPSA) is 109 Å². The molecule has 0 heterocycles. The molecule has 114 valence electrons. The number of hydrogen-bond donors (Lipinski definition) is 0. The van der Waals surface area contributed by atoms with Crippen LogP contribution >= 0.6 is 0 Å². The molecule has 0 atom stereocenters. The minimum absolute atomic E-state index is 0.876. The van der Waals surface area contributed by atoms with Crippen LogP contribution in [-0.4, -0.2) is 11.2 Å². The molecule has 0 saturated carbocycles. The van der Waals surface area contributed by atoms with Crippen molar-refractivity contribution in [3.8, 4) is 11.8 Å². The van der Waals surface area contributed by atoms with Gasteiger partial charge in [-0.1, -0.05) is 0 Å². The van der Waals surface area contributed by atoms with E-state index in [0.717, 1.165) is 10.5 Å². The summed E-state index contributed by atoms with van der Waals surface area (Å²) in [5.74, 6) is 6.16. The second-order valence-electron chi connectivity index (χ2n) is 2.72. The second kappa shape index (κ2) is 42.7. The average molecular weight is 472 g/mol. The molecular formula is C15H12O6W. The summed E-state index contributed by atoms with van der Waals surface area (Å²) in [5.41, 5.74) is 1.29. The summed E-state index contributed by atoms with van der Waals surface area (Å²) in [5, 5.41) is 0. The van der Waals surface area contributed by atoms with Gasteiger partial charge in [0.05, 0.1) is 0 Å². The Balaban J connectivity index is -0.0000000822. The molecular weight excluding hydrogens is 460 g/mol. The van der Waals surface area contributed by atoms with E-state index in [1.807, 2.05) is 0 Å². The van der Waals surface area contributed by atoms with E-state index in [4.69, 9.17) is 28.0 Å². The number of allylic oxidation sites excluding steroid dienone is 2. The first-order chi connectivity index (χ1) is 10.8. The predicted molar refractivity (Wildman–Crippen MR) is 66.0 cm³/mol. The monoisotopic (exact) mass is 472 g/mol. The first-order valence-corrected chi connectivity index (χ1v) is 6.60. The summed E-state index contributed by atoms with van der Waals surface area (Å²) in [4.78, 5) is 0. The SMILES string of the molecule is CO[C](=[W])C#CC1=CCCCC1.[C-]#[O+].[C-]#[O+].[C-]#[O+].[C-]#[O+].[C-]#[O+]. The quantitative estimate of drug-likeness (QED) is 0.323. The van der Waals surface area contributed by atoms with Crippen LogP contribution in [0.2, 0.25) is 0 Å². The Morgan fingerprint density at radius 2 is 1.45 bits per heavy atom. The van der Waals surface area contributed by atoms with Crippen molar-refractivity contribution in [2.45, 2.75) is 25.7 Å². The molecule has 0 spiro atoms. The molecule has 1 rings (SSSR count). The number of hydrogen-bond acceptors (Lipinski definition) is 1. The van der Waals surface area contributed by atoms with E-state index in [-0.39, 0.29) is 0 Å². The van der Waals surface area contributed by atoms with E-state index in [0.29, 0.717) is 0 Å². The predicted octanol–water partition coefficient (Wildman–Crippen LogP) is 1.63. The van der Waals surface area contributed by atoms with Crippen LogP contribution in [0, 0.1) is 45.1 Å².